The Labute approximate surface area is 115 Å². The van der Waals surface area contributed by atoms with Gasteiger partial charge in [-0.25, -0.2) is 10.1 Å². The maximum Gasteiger partial charge on any atom is 0.153 e. The molecule has 1 fully saturated rings. The van der Waals surface area contributed by atoms with Crippen LogP contribution in [0.5, 0.6) is 0 Å². The number of aryl methyl sites for hydroxylation is 1. The molecule has 3 N–H and O–H groups in total. The van der Waals surface area contributed by atoms with Crippen molar-refractivity contribution in [2.75, 3.05) is 33.7 Å². The highest BCUT2D eigenvalue weighted by molar-refractivity contribution is 9.10. The van der Waals surface area contributed by atoms with E-state index in [1.165, 1.54) is 0 Å². The molecule has 2 heterocycles. The lowest BCUT2D eigenvalue weighted by molar-refractivity contribution is 0.0853. The summed E-state index contributed by atoms with van der Waals surface area (Å²) in [4.78, 5) is 4.64. The fourth-order valence-electron chi connectivity index (χ4n) is 2.45. The molecule has 1 aliphatic heterocycles. The highest BCUT2D eigenvalue weighted by atomic mass is 79.9. The second kappa shape index (κ2) is 5.62. The Hall–Kier alpha value is -0.540. The standard InChI is InChI=1S/C10H20BrN7/c1-16-4-5-17(2)7(6-16)8(13-12)9-10(11)14-15-18(9)3/h7-8,13H,4-6,12H2,1-3H3. The summed E-state index contributed by atoms with van der Waals surface area (Å²) in [6.45, 7) is 3.07. The van der Waals surface area contributed by atoms with Crippen LogP contribution < -0.4 is 11.3 Å². The molecule has 2 unspecified atom stereocenters. The summed E-state index contributed by atoms with van der Waals surface area (Å²) in [6, 6.07) is 0.286. The molecule has 0 radical (unpaired) electrons. The maximum atomic E-state index is 5.76. The van der Waals surface area contributed by atoms with Gasteiger partial charge in [0, 0.05) is 32.7 Å². The highest BCUT2D eigenvalue weighted by Gasteiger charge is 2.33. The molecule has 1 saturated heterocycles. The van der Waals surface area contributed by atoms with Crippen molar-refractivity contribution in [1.82, 2.24) is 30.2 Å². The van der Waals surface area contributed by atoms with Gasteiger partial charge in [0.2, 0.25) is 0 Å². The van der Waals surface area contributed by atoms with E-state index in [-0.39, 0.29) is 6.04 Å². The largest absolute Gasteiger partial charge is 0.303 e. The predicted molar refractivity (Wildman–Crippen MR) is 72.7 cm³/mol. The zero-order valence-electron chi connectivity index (χ0n) is 11.0. The molecule has 1 aromatic heterocycles. The first-order chi connectivity index (χ1) is 8.54. The molecule has 0 aromatic carbocycles. The van der Waals surface area contributed by atoms with Gasteiger partial charge in [0.25, 0.3) is 0 Å². The fraction of sp³-hybridized carbons (Fsp3) is 0.800. The highest BCUT2D eigenvalue weighted by Crippen LogP contribution is 2.26. The number of hydrogen-bond donors (Lipinski definition) is 2. The predicted octanol–water partition coefficient (Wildman–Crippen LogP) is -0.672. The van der Waals surface area contributed by atoms with E-state index in [4.69, 9.17) is 5.84 Å². The van der Waals surface area contributed by atoms with E-state index in [0.717, 1.165) is 29.9 Å². The average Bonchev–Trinajstić information content (AvgIpc) is 2.66. The Bertz CT molecular complexity index is 387. The van der Waals surface area contributed by atoms with Gasteiger partial charge in [-0.3, -0.25) is 10.7 Å². The molecule has 2 atom stereocenters. The first-order valence-electron chi connectivity index (χ1n) is 5.94. The molecule has 0 bridgehead atoms. The minimum atomic E-state index is -0.00729. The minimum Gasteiger partial charge on any atom is -0.303 e. The number of hydrogen-bond acceptors (Lipinski definition) is 6. The molecule has 102 valence electrons. The van der Waals surface area contributed by atoms with Gasteiger partial charge < -0.3 is 4.90 Å². The van der Waals surface area contributed by atoms with Crippen molar-refractivity contribution < 1.29 is 0 Å². The normalized spacial score (nSPS) is 24.4. The van der Waals surface area contributed by atoms with Crippen LogP contribution in [0.3, 0.4) is 0 Å². The van der Waals surface area contributed by atoms with Crippen molar-refractivity contribution in [1.29, 1.82) is 0 Å². The Morgan fingerprint density at radius 1 is 1.39 bits per heavy atom. The number of nitrogens with zero attached hydrogens (tertiary/aromatic N) is 5. The molecule has 8 heteroatoms. The topological polar surface area (TPSA) is 75.2 Å². The molecule has 0 saturated carbocycles. The van der Waals surface area contributed by atoms with E-state index in [1.807, 2.05) is 7.05 Å². The second-order valence-corrected chi connectivity index (χ2v) is 5.59. The van der Waals surface area contributed by atoms with Gasteiger partial charge in [0.1, 0.15) is 0 Å². The summed E-state index contributed by atoms with van der Waals surface area (Å²) in [5.41, 5.74) is 3.88. The maximum absolute atomic E-state index is 5.76. The van der Waals surface area contributed by atoms with Crippen molar-refractivity contribution in [3.8, 4) is 0 Å². The number of piperazine rings is 1. The van der Waals surface area contributed by atoms with Gasteiger partial charge in [-0.1, -0.05) is 5.21 Å². The number of aromatic nitrogens is 3. The van der Waals surface area contributed by atoms with Crippen molar-refractivity contribution in [3.05, 3.63) is 10.3 Å². The third kappa shape index (κ3) is 2.57. The van der Waals surface area contributed by atoms with Gasteiger partial charge in [-0.15, -0.1) is 5.10 Å². The molecule has 1 aliphatic rings. The molecular formula is C10H20BrN7. The van der Waals surface area contributed by atoms with Crippen LogP contribution in [0.1, 0.15) is 11.7 Å². The van der Waals surface area contributed by atoms with Crippen LogP contribution >= 0.6 is 15.9 Å². The van der Waals surface area contributed by atoms with Crippen LogP contribution in [0.15, 0.2) is 4.60 Å². The van der Waals surface area contributed by atoms with E-state index in [9.17, 15) is 0 Å². The summed E-state index contributed by atoms with van der Waals surface area (Å²) in [7, 11) is 6.13. The minimum absolute atomic E-state index is 0.00729. The van der Waals surface area contributed by atoms with Crippen molar-refractivity contribution >= 4 is 15.9 Å². The van der Waals surface area contributed by atoms with Gasteiger partial charge in [-0.2, -0.15) is 0 Å². The Morgan fingerprint density at radius 3 is 2.67 bits per heavy atom. The van der Waals surface area contributed by atoms with E-state index >= 15 is 0 Å². The van der Waals surface area contributed by atoms with E-state index < -0.39 is 0 Å². The Kier molecular flexibility index (Phi) is 4.33. The molecule has 18 heavy (non-hydrogen) atoms. The van der Waals surface area contributed by atoms with E-state index in [1.54, 1.807) is 4.68 Å². The lowest BCUT2D eigenvalue weighted by Crippen LogP contribution is -2.56. The molecule has 1 aromatic rings. The van der Waals surface area contributed by atoms with Gasteiger partial charge in [0.05, 0.1) is 11.7 Å². The van der Waals surface area contributed by atoms with Crippen molar-refractivity contribution in [2.24, 2.45) is 12.9 Å². The average molecular weight is 318 g/mol. The van der Waals surface area contributed by atoms with Gasteiger partial charge in [-0.05, 0) is 30.0 Å². The number of likely N-dealkylation sites (N-methyl/N-ethyl adjacent to an activating group) is 2. The van der Waals surface area contributed by atoms with E-state index in [2.05, 4.69) is 55.6 Å². The Balaban J connectivity index is 2.27. The monoisotopic (exact) mass is 317 g/mol. The second-order valence-electron chi connectivity index (χ2n) is 4.84. The first kappa shape index (κ1) is 13.9. The van der Waals surface area contributed by atoms with Crippen molar-refractivity contribution in [2.45, 2.75) is 12.1 Å². The van der Waals surface area contributed by atoms with Crippen LogP contribution in [-0.4, -0.2) is 64.6 Å². The van der Waals surface area contributed by atoms with Crippen LogP contribution in [0, 0.1) is 0 Å². The number of rotatable bonds is 3. The quantitative estimate of drug-likeness (QED) is 0.569. The third-order valence-electron chi connectivity index (χ3n) is 3.58. The zero-order valence-corrected chi connectivity index (χ0v) is 12.6. The summed E-state index contributed by atoms with van der Waals surface area (Å²) in [5, 5.41) is 8.04. The lowest BCUT2D eigenvalue weighted by atomic mass is 10.0. The molecule has 7 nitrogen and oxygen atoms in total. The molecule has 0 spiro atoms. The van der Waals surface area contributed by atoms with Gasteiger partial charge in [0.15, 0.2) is 4.60 Å². The molecule has 0 amide bonds. The van der Waals surface area contributed by atoms with Crippen molar-refractivity contribution in [3.63, 3.8) is 0 Å². The van der Waals surface area contributed by atoms with E-state index in [0.29, 0.717) is 6.04 Å². The van der Waals surface area contributed by atoms with Crippen LogP contribution in [0.4, 0.5) is 0 Å². The number of nitrogens with two attached hydrogens (primary N) is 1. The molecule has 0 aliphatic carbocycles. The van der Waals surface area contributed by atoms with Crippen LogP contribution in [0.2, 0.25) is 0 Å². The summed E-state index contributed by atoms with van der Waals surface area (Å²) in [6.07, 6.45) is 0. The SMILES string of the molecule is CN1CCN(C)C(C(NN)c2c(Br)nnn2C)C1. The number of halogens is 1. The summed E-state index contributed by atoms with van der Waals surface area (Å²) >= 11 is 3.44. The van der Waals surface area contributed by atoms with Crippen LogP contribution in [0.25, 0.3) is 0 Å². The zero-order chi connectivity index (χ0) is 13.3. The Morgan fingerprint density at radius 2 is 2.11 bits per heavy atom. The third-order valence-corrected chi connectivity index (χ3v) is 4.15. The molecular weight excluding hydrogens is 298 g/mol. The smallest absolute Gasteiger partial charge is 0.153 e. The van der Waals surface area contributed by atoms with Gasteiger partial charge >= 0.3 is 0 Å². The summed E-state index contributed by atoms with van der Waals surface area (Å²) < 4.78 is 2.51. The molecule has 2 rings (SSSR count). The first-order valence-corrected chi connectivity index (χ1v) is 6.74. The van der Waals surface area contributed by atoms with Crippen LogP contribution in [-0.2, 0) is 7.05 Å². The number of nitrogens with one attached hydrogen (secondary N) is 1. The fourth-order valence-corrected chi connectivity index (χ4v) is 3.02. The lowest BCUT2D eigenvalue weighted by Gasteiger charge is -2.41. The number of hydrazine groups is 1. The summed E-state index contributed by atoms with van der Waals surface area (Å²) in [5.74, 6) is 5.76.